The zero-order valence-corrected chi connectivity index (χ0v) is 19.4. The van der Waals surface area contributed by atoms with Crippen LogP contribution in [0.5, 0.6) is 5.75 Å². The third-order valence-corrected chi connectivity index (χ3v) is 6.94. The van der Waals surface area contributed by atoms with Crippen molar-refractivity contribution in [2.24, 2.45) is 11.3 Å². The van der Waals surface area contributed by atoms with E-state index in [-0.39, 0.29) is 23.8 Å². The fourth-order valence-electron chi connectivity index (χ4n) is 4.88. The van der Waals surface area contributed by atoms with E-state index in [1.165, 1.54) is 0 Å². The maximum absolute atomic E-state index is 13.3. The van der Waals surface area contributed by atoms with Crippen LogP contribution in [0, 0.1) is 11.3 Å². The molecule has 1 saturated carbocycles. The second kappa shape index (κ2) is 9.35. The Balaban J connectivity index is 1.55. The Morgan fingerprint density at radius 1 is 1.12 bits per heavy atom. The van der Waals surface area contributed by atoms with E-state index in [1.807, 2.05) is 43.0 Å². The molecule has 32 heavy (non-hydrogen) atoms. The van der Waals surface area contributed by atoms with Crippen LogP contribution >= 0.6 is 0 Å². The van der Waals surface area contributed by atoms with Gasteiger partial charge in [-0.05, 0) is 56.7 Å². The molecular weight excluding hydrogens is 400 g/mol. The van der Waals surface area contributed by atoms with E-state index in [2.05, 4.69) is 29.6 Å². The van der Waals surface area contributed by atoms with Gasteiger partial charge in [0.15, 0.2) is 0 Å². The SMILES string of the molecule is COc1ccccc1-c1ccc(C[C@]2(C(=O)NC(C)C)CCN(C(=O)C3CCC3)C2)cc1. The minimum Gasteiger partial charge on any atom is -0.496 e. The van der Waals surface area contributed by atoms with Gasteiger partial charge in [-0.2, -0.15) is 0 Å². The fourth-order valence-corrected chi connectivity index (χ4v) is 4.88. The van der Waals surface area contributed by atoms with Crippen molar-refractivity contribution in [1.29, 1.82) is 0 Å². The Kier molecular flexibility index (Phi) is 6.54. The van der Waals surface area contributed by atoms with Gasteiger partial charge in [0, 0.05) is 30.6 Å². The van der Waals surface area contributed by atoms with Gasteiger partial charge < -0.3 is 15.0 Å². The van der Waals surface area contributed by atoms with Crippen molar-refractivity contribution in [2.75, 3.05) is 20.2 Å². The molecule has 170 valence electrons. The van der Waals surface area contributed by atoms with E-state index >= 15 is 0 Å². The first kappa shape index (κ1) is 22.4. The predicted octanol–water partition coefficient (Wildman–Crippen LogP) is 4.45. The van der Waals surface area contributed by atoms with Gasteiger partial charge in [0.25, 0.3) is 0 Å². The van der Waals surface area contributed by atoms with Crippen molar-refractivity contribution in [3.63, 3.8) is 0 Å². The van der Waals surface area contributed by atoms with E-state index in [1.54, 1.807) is 7.11 Å². The molecule has 0 radical (unpaired) electrons. The smallest absolute Gasteiger partial charge is 0.228 e. The average molecular weight is 435 g/mol. The molecule has 1 aliphatic heterocycles. The molecule has 1 N–H and O–H groups in total. The lowest BCUT2D eigenvalue weighted by molar-refractivity contribution is -0.138. The van der Waals surface area contributed by atoms with Crippen LogP contribution in [0.2, 0.25) is 0 Å². The highest BCUT2D eigenvalue weighted by molar-refractivity contribution is 5.86. The summed E-state index contributed by atoms with van der Waals surface area (Å²) in [5.74, 6) is 1.31. The van der Waals surface area contributed by atoms with Gasteiger partial charge in [-0.1, -0.05) is 48.9 Å². The molecule has 1 atom stereocenters. The first-order chi connectivity index (χ1) is 15.4. The van der Waals surface area contributed by atoms with Crippen molar-refractivity contribution in [3.8, 4) is 16.9 Å². The van der Waals surface area contributed by atoms with Crippen molar-refractivity contribution < 1.29 is 14.3 Å². The summed E-state index contributed by atoms with van der Waals surface area (Å²) in [5.41, 5.74) is 2.67. The second-order valence-corrected chi connectivity index (χ2v) is 9.62. The molecule has 1 heterocycles. The normalized spacial score (nSPS) is 20.8. The van der Waals surface area contributed by atoms with Crippen LogP contribution in [0.1, 0.15) is 45.1 Å². The number of ether oxygens (including phenoxy) is 1. The molecule has 0 spiro atoms. The van der Waals surface area contributed by atoms with E-state index in [0.717, 1.165) is 41.7 Å². The number of para-hydroxylation sites is 1. The van der Waals surface area contributed by atoms with Gasteiger partial charge in [0.2, 0.25) is 11.8 Å². The van der Waals surface area contributed by atoms with Crippen LogP contribution in [0.3, 0.4) is 0 Å². The van der Waals surface area contributed by atoms with Crippen molar-refractivity contribution >= 4 is 11.8 Å². The first-order valence-corrected chi connectivity index (χ1v) is 11.7. The molecule has 0 aromatic heterocycles. The zero-order chi connectivity index (χ0) is 22.7. The fraction of sp³-hybridized carbons (Fsp3) is 0.481. The number of rotatable bonds is 7. The van der Waals surface area contributed by atoms with Crippen molar-refractivity contribution in [3.05, 3.63) is 54.1 Å². The van der Waals surface area contributed by atoms with Gasteiger partial charge in [0.05, 0.1) is 12.5 Å². The van der Waals surface area contributed by atoms with Crippen LogP contribution in [0.4, 0.5) is 0 Å². The van der Waals surface area contributed by atoms with E-state index in [4.69, 9.17) is 4.74 Å². The van der Waals surface area contributed by atoms with Crippen LogP contribution < -0.4 is 10.1 Å². The number of nitrogens with one attached hydrogen (secondary N) is 1. The standard InChI is InChI=1S/C27H34N2O3/c1-19(2)28-26(31)27(15-16-29(18-27)25(30)22-7-6-8-22)17-20-11-13-21(14-12-20)23-9-4-5-10-24(23)32-3/h4-5,9-14,19,22H,6-8,15-18H2,1-3H3,(H,28,31)/t27-/m1/s1. The van der Waals surface area contributed by atoms with Gasteiger partial charge in [-0.3, -0.25) is 9.59 Å². The number of likely N-dealkylation sites (tertiary alicyclic amines) is 1. The first-order valence-electron chi connectivity index (χ1n) is 11.7. The minimum atomic E-state index is -0.574. The summed E-state index contributed by atoms with van der Waals surface area (Å²) in [6, 6.07) is 16.4. The predicted molar refractivity (Wildman–Crippen MR) is 126 cm³/mol. The molecule has 2 aromatic carbocycles. The summed E-state index contributed by atoms with van der Waals surface area (Å²) in [4.78, 5) is 28.1. The minimum absolute atomic E-state index is 0.0604. The van der Waals surface area contributed by atoms with E-state index in [9.17, 15) is 9.59 Å². The molecule has 1 saturated heterocycles. The third kappa shape index (κ3) is 4.52. The van der Waals surface area contributed by atoms with E-state index in [0.29, 0.717) is 25.9 Å². The Hall–Kier alpha value is -2.82. The Morgan fingerprint density at radius 3 is 2.47 bits per heavy atom. The lowest BCUT2D eigenvalue weighted by atomic mass is 9.79. The molecule has 2 fully saturated rings. The highest BCUT2D eigenvalue weighted by atomic mass is 16.5. The Bertz CT molecular complexity index is 965. The average Bonchev–Trinajstić information content (AvgIpc) is 3.18. The number of carbonyl (C=O) groups is 2. The highest BCUT2D eigenvalue weighted by Crippen LogP contribution is 2.38. The lowest BCUT2D eigenvalue weighted by Gasteiger charge is -2.32. The number of benzene rings is 2. The summed E-state index contributed by atoms with van der Waals surface area (Å²) in [5, 5.41) is 3.12. The summed E-state index contributed by atoms with van der Waals surface area (Å²) in [6.07, 6.45) is 4.46. The summed E-state index contributed by atoms with van der Waals surface area (Å²) >= 11 is 0. The van der Waals surface area contributed by atoms with Gasteiger partial charge in [0.1, 0.15) is 5.75 Å². The molecule has 4 rings (SSSR count). The maximum atomic E-state index is 13.3. The lowest BCUT2D eigenvalue weighted by Crippen LogP contribution is -2.48. The van der Waals surface area contributed by atoms with E-state index < -0.39 is 5.41 Å². The van der Waals surface area contributed by atoms with Gasteiger partial charge >= 0.3 is 0 Å². The Labute approximate surface area is 191 Å². The van der Waals surface area contributed by atoms with Crippen molar-refractivity contribution in [2.45, 2.75) is 52.0 Å². The van der Waals surface area contributed by atoms with Crippen LogP contribution in [0.15, 0.2) is 48.5 Å². The second-order valence-electron chi connectivity index (χ2n) is 9.62. The Morgan fingerprint density at radius 2 is 1.84 bits per heavy atom. The third-order valence-electron chi connectivity index (χ3n) is 6.94. The van der Waals surface area contributed by atoms with Gasteiger partial charge in [-0.25, -0.2) is 0 Å². The number of carbonyl (C=O) groups excluding carboxylic acids is 2. The molecule has 2 aliphatic rings. The number of hydrogen-bond acceptors (Lipinski definition) is 3. The topological polar surface area (TPSA) is 58.6 Å². The number of methoxy groups -OCH3 is 1. The van der Waals surface area contributed by atoms with Gasteiger partial charge in [-0.15, -0.1) is 0 Å². The molecule has 2 amide bonds. The quantitative estimate of drug-likeness (QED) is 0.701. The highest BCUT2D eigenvalue weighted by Gasteiger charge is 2.47. The molecule has 5 heteroatoms. The molecule has 0 unspecified atom stereocenters. The number of amides is 2. The largest absolute Gasteiger partial charge is 0.496 e. The summed E-state index contributed by atoms with van der Waals surface area (Å²) in [7, 11) is 1.68. The summed E-state index contributed by atoms with van der Waals surface area (Å²) in [6.45, 7) is 5.15. The molecule has 5 nitrogen and oxygen atoms in total. The van der Waals surface area contributed by atoms with Crippen LogP contribution in [-0.4, -0.2) is 43.0 Å². The van der Waals surface area contributed by atoms with Crippen LogP contribution in [0.25, 0.3) is 11.1 Å². The molecule has 1 aliphatic carbocycles. The monoisotopic (exact) mass is 434 g/mol. The molecule has 0 bridgehead atoms. The number of hydrogen-bond donors (Lipinski definition) is 1. The number of nitrogens with zero attached hydrogens (tertiary/aromatic N) is 1. The van der Waals surface area contributed by atoms with Crippen molar-refractivity contribution in [1.82, 2.24) is 10.2 Å². The zero-order valence-electron chi connectivity index (χ0n) is 19.4. The maximum Gasteiger partial charge on any atom is 0.228 e. The summed E-state index contributed by atoms with van der Waals surface area (Å²) < 4.78 is 5.50. The molecule has 2 aromatic rings. The molecular formula is C27H34N2O3. The van der Waals surface area contributed by atoms with Crippen LogP contribution in [-0.2, 0) is 16.0 Å².